The maximum absolute atomic E-state index is 12.3. The van der Waals surface area contributed by atoms with Crippen LogP contribution in [0.15, 0.2) is 30.3 Å². The van der Waals surface area contributed by atoms with Gasteiger partial charge in [-0.3, -0.25) is 9.69 Å². The molecule has 0 aliphatic carbocycles. The van der Waals surface area contributed by atoms with E-state index in [9.17, 15) is 4.79 Å². The number of carbonyl (C=O) groups excluding carboxylic acids is 1. The third-order valence-corrected chi connectivity index (χ3v) is 3.54. The Hall–Kier alpha value is -1.39. The summed E-state index contributed by atoms with van der Waals surface area (Å²) in [4.78, 5) is 16.6. The average molecular weight is 276 g/mol. The summed E-state index contributed by atoms with van der Waals surface area (Å²) in [6.07, 6.45) is 0.288. The van der Waals surface area contributed by atoms with Gasteiger partial charge in [-0.1, -0.05) is 18.2 Å². The van der Waals surface area contributed by atoms with Crippen LogP contribution in [-0.4, -0.2) is 61.1 Å². The Balaban J connectivity index is 1.75. The van der Waals surface area contributed by atoms with Crippen LogP contribution >= 0.6 is 0 Å². The lowest BCUT2D eigenvalue weighted by Crippen LogP contribution is -2.49. The third-order valence-electron chi connectivity index (χ3n) is 3.54. The first kappa shape index (κ1) is 15.0. The first-order chi connectivity index (χ1) is 9.66. The van der Waals surface area contributed by atoms with E-state index in [1.807, 2.05) is 35.2 Å². The first-order valence-electron chi connectivity index (χ1n) is 7.35. The lowest BCUT2D eigenvalue weighted by Gasteiger charge is -2.34. The van der Waals surface area contributed by atoms with Crippen LogP contribution in [0.5, 0.6) is 0 Å². The van der Waals surface area contributed by atoms with Gasteiger partial charge in [-0.25, -0.2) is 0 Å². The minimum atomic E-state index is 0.142. The SMILES string of the molecule is CC(C)OCCN1CCN(C(=O)c2ccccc2)CC1. The Bertz CT molecular complexity index is 412. The second-order valence-corrected chi connectivity index (χ2v) is 5.42. The molecule has 1 aromatic carbocycles. The zero-order valence-electron chi connectivity index (χ0n) is 12.4. The summed E-state index contributed by atoms with van der Waals surface area (Å²) in [6, 6.07) is 9.51. The molecule has 4 nitrogen and oxygen atoms in total. The second-order valence-electron chi connectivity index (χ2n) is 5.42. The molecule has 0 aromatic heterocycles. The molecule has 2 rings (SSSR count). The van der Waals surface area contributed by atoms with Crippen LogP contribution in [0.25, 0.3) is 0 Å². The number of amides is 1. The molecule has 0 atom stereocenters. The number of carbonyl (C=O) groups is 1. The molecule has 0 bridgehead atoms. The summed E-state index contributed by atoms with van der Waals surface area (Å²) in [7, 11) is 0. The second kappa shape index (κ2) is 7.41. The molecular formula is C16H24N2O2. The molecule has 0 saturated carbocycles. The van der Waals surface area contributed by atoms with Gasteiger partial charge in [0.25, 0.3) is 5.91 Å². The van der Waals surface area contributed by atoms with Crippen LogP contribution in [0.2, 0.25) is 0 Å². The third kappa shape index (κ3) is 4.32. The fourth-order valence-corrected chi connectivity index (χ4v) is 2.36. The smallest absolute Gasteiger partial charge is 0.253 e. The molecule has 1 heterocycles. The van der Waals surface area contributed by atoms with Crippen LogP contribution in [-0.2, 0) is 4.74 Å². The van der Waals surface area contributed by atoms with Crippen LogP contribution in [0.3, 0.4) is 0 Å². The van der Waals surface area contributed by atoms with Crippen molar-refractivity contribution in [2.45, 2.75) is 20.0 Å². The number of rotatable bonds is 5. The van der Waals surface area contributed by atoms with E-state index in [0.717, 1.165) is 44.9 Å². The highest BCUT2D eigenvalue weighted by Gasteiger charge is 2.21. The fourth-order valence-electron chi connectivity index (χ4n) is 2.36. The Kier molecular flexibility index (Phi) is 5.56. The molecule has 0 spiro atoms. The monoisotopic (exact) mass is 276 g/mol. The highest BCUT2D eigenvalue weighted by molar-refractivity contribution is 5.94. The van der Waals surface area contributed by atoms with E-state index in [1.54, 1.807) is 0 Å². The average Bonchev–Trinajstić information content (AvgIpc) is 2.48. The van der Waals surface area contributed by atoms with Crippen molar-refractivity contribution in [1.29, 1.82) is 0 Å². The predicted molar refractivity (Wildman–Crippen MR) is 79.9 cm³/mol. The Labute approximate surface area is 121 Å². The molecule has 0 N–H and O–H groups in total. The minimum absolute atomic E-state index is 0.142. The summed E-state index contributed by atoms with van der Waals surface area (Å²) >= 11 is 0. The molecule has 1 saturated heterocycles. The Morgan fingerprint density at radius 1 is 1.15 bits per heavy atom. The van der Waals surface area contributed by atoms with Crippen LogP contribution in [0, 0.1) is 0 Å². The van der Waals surface area contributed by atoms with Crippen LogP contribution in [0.4, 0.5) is 0 Å². The van der Waals surface area contributed by atoms with Crippen molar-refractivity contribution < 1.29 is 9.53 Å². The van der Waals surface area contributed by atoms with E-state index in [2.05, 4.69) is 18.7 Å². The van der Waals surface area contributed by atoms with Gasteiger partial charge in [-0.15, -0.1) is 0 Å². The van der Waals surface area contributed by atoms with Gasteiger partial charge >= 0.3 is 0 Å². The number of hydrogen-bond acceptors (Lipinski definition) is 3. The highest BCUT2D eigenvalue weighted by Crippen LogP contribution is 2.08. The molecule has 1 amide bonds. The lowest BCUT2D eigenvalue weighted by molar-refractivity contribution is 0.0407. The van der Waals surface area contributed by atoms with Crippen molar-refractivity contribution in [2.24, 2.45) is 0 Å². The van der Waals surface area contributed by atoms with E-state index in [4.69, 9.17) is 4.74 Å². The zero-order chi connectivity index (χ0) is 14.4. The van der Waals surface area contributed by atoms with Crippen molar-refractivity contribution in [1.82, 2.24) is 9.80 Å². The van der Waals surface area contributed by atoms with Crippen molar-refractivity contribution >= 4 is 5.91 Å². The quantitative estimate of drug-likeness (QED) is 0.823. The van der Waals surface area contributed by atoms with Gasteiger partial charge in [-0.2, -0.15) is 0 Å². The van der Waals surface area contributed by atoms with E-state index in [-0.39, 0.29) is 12.0 Å². The van der Waals surface area contributed by atoms with Gasteiger partial charge in [-0.05, 0) is 26.0 Å². The largest absolute Gasteiger partial charge is 0.377 e. The minimum Gasteiger partial charge on any atom is -0.377 e. The molecule has 1 fully saturated rings. The van der Waals surface area contributed by atoms with Gasteiger partial charge < -0.3 is 9.64 Å². The summed E-state index contributed by atoms with van der Waals surface area (Å²) in [5.41, 5.74) is 0.782. The molecule has 0 radical (unpaired) electrons. The summed E-state index contributed by atoms with van der Waals surface area (Å²) in [5, 5.41) is 0. The maximum atomic E-state index is 12.3. The van der Waals surface area contributed by atoms with Gasteiger partial charge in [0, 0.05) is 38.3 Å². The van der Waals surface area contributed by atoms with E-state index < -0.39 is 0 Å². The summed E-state index contributed by atoms with van der Waals surface area (Å²) < 4.78 is 5.57. The number of ether oxygens (including phenoxy) is 1. The molecule has 110 valence electrons. The molecule has 1 aliphatic rings. The standard InChI is InChI=1S/C16H24N2O2/c1-14(2)20-13-12-17-8-10-18(11-9-17)16(19)15-6-4-3-5-7-15/h3-7,14H,8-13H2,1-2H3. The van der Waals surface area contributed by atoms with Crippen molar-refractivity contribution in [3.63, 3.8) is 0 Å². The van der Waals surface area contributed by atoms with Crippen LogP contribution < -0.4 is 0 Å². The molecular weight excluding hydrogens is 252 g/mol. The van der Waals surface area contributed by atoms with Gasteiger partial charge in [0.15, 0.2) is 0 Å². The Morgan fingerprint density at radius 2 is 1.80 bits per heavy atom. The normalized spacial score (nSPS) is 16.6. The van der Waals surface area contributed by atoms with Gasteiger partial charge in [0.05, 0.1) is 12.7 Å². The van der Waals surface area contributed by atoms with Crippen molar-refractivity contribution in [2.75, 3.05) is 39.3 Å². The predicted octanol–water partition coefficient (Wildman–Crippen LogP) is 1.87. The molecule has 1 aromatic rings. The van der Waals surface area contributed by atoms with Crippen LogP contribution in [0.1, 0.15) is 24.2 Å². The zero-order valence-corrected chi connectivity index (χ0v) is 12.4. The van der Waals surface area contributed by atoms with E-state index in [0.29, 0.717) is 0 Å². The van der Waals surface area contributed by atoms with Crippen molar-refractivity contribution in [3.8, 4) is 0 Å². The summed E-state index contributed by atoms with van der Waals surface area (Å²) in [5.74, 6) is 0.142. The number of piperazine rings is 1. The Morgan fingerprint density at radius 3 is 2.40 bits per heavy atom. The number of benzene rings is 1. The molecule has 0 unspecified atom stereocenters. The fraction of sp³-hybridized carbons (Fsp3) is 0.562. The number of nitrogens with zero attached hydrogens (tertiary/aromatic N) is 2. The first-order valence-corrected chi connectivity index (χ1v) is 7.35. The molecule has 20 heavy (non-hydrogen) atoms. The van der Waals surface area contributed by atoms with E-state index in [1.165, 1.54) is 0 Å². The maximum Gasteiger partial charge on any atom is 0.253 e. The summed E-state index contributed by atoms with van der Waals surface area (Å²) in [6.45, 7) is 9.29. The molecule has 1 aliphatic heterocycles. The lowest BCUT2D eigenvalue weighted by atomic mass is 10.2. The highest BCUT2D eigenvalue weighted by atomic mass is 16.5. The van der Waals surface area contributed by atoms with Gasteiger partial charge in [0.2, 0.25) is 0 Å². The number of hydrogen-bond donors (Lipinski definition) is 0. The van der Waals surface area contributed by atoms with Crippen molar-refractivity contribution in [3.05, 3.63) is 35.9 Å². The van der Waals surface area contributed by atoms with E-state index >= 15 is 0 Å². The van der Waals surface area contributed by atoms with Gasteiger partial charge in [0.1, 0.15) is 0 Å². The molecule has 4 heteroatoms. The topological polar surface area (TPSA) is 32.8 Å².